The molecule has 0 amide bonds. The average Bonchev–Trinajstić information content (AvgIpc) is 2.48. The Kier molecular flexibility index (Phi) is 5.59. The predicted molar refractivity (Wildman–Crippen MR) is 78.8 cm³/mol. The minimum absolute atomic E-state index is 0.137. The van der Waals surface area contributed by atoms with Crippen molar-refractivity contribution in [1.82, 2.24) is 0 Å². The molecular weight excluding hydrogens is 252 g/mol. The van der Waals surface area contributed by atoms with Crippen LogP contribution in [0.15, 0.2) is 54.6 Å². The summed E-state index contributed by atoms with van der Waals surface area (Å²) in [7, 11) is 0. The lowest BCUT2D eigenvalue weighted by atomic mass is 10.2. The van der Waals surface area contributed by atoms with Crippen molar-refractivity contribution in [2.24, 2.45) is 0 Å². The second-order valence-corrected chi connectivity index (χ2v) is 4.69. The molecule has 0 heterocycles. The van der Waals surface area contributed by atoms with Crippen molar-refractivity contribution in [3.8, 4) is 5.75 Å². The van der Waals surface area contributed by atoms with Crippen LogP contribution in [-0.2, 0) is 11.2 Å². The number of hydrogen-bond acceptors (Lipinski definition) is 3. The highest BCUT2D eigenvalue weighted by molar-refractivity contribution is 5.26. The molecule has 0 fully saturated rings. The van der Waals surface area contributed by atoms with Crippen LogP contribution in [0.1, 0.15) is 11.1 Å². The van der Waals surface area contributed by atoms with Gasteiger partial charge in [-0.1, -0.05) is 48.0 Å². The van der Waals surface area contributed by atoms with E-state index in [1.165, 1.54) is 11.1 Å². The Morgan fingerprint density at radius 2 is 1.70 bits per heavy atom. The topological polar surface area (TPSA) is 38.7 Å². The molecule has 0 aromatic heterocycles. The van der Waals surface area contributed by atoms with E-state index >= 15 is 0 Å². The van der Waals surface area contributed by atoms with E-state index in [1.807, 2.05) is 61.5 Å². The second-order valence-electron chi connectivity index (χ2n) is 4.69. The molecule has 3 heteroatoms. The van der Waals surface area contributed by atoms with Gasteiger partial charge in [-0.05, 0) is 31.0 Å². The third-order valence-corrected chi connectivity index (χ3v) is 2.96. The summed E-state index contributed by atoms with van der Waals surface area (Å²) in [5.74, 6) is 0.737. The van der Waals surface area contributed by atoms with Crippen LogP contribution in [0.4, 0.5) is 0 Å². The lowest BCUT2D eigenvalue weighted by molar-refractivity contribution is -0.118. The zero-order valence-corrected chi connectivity index (χ0v) is 11.7. The highest BCUT2D eigenvalue weighted by atomic mass is 16.6. The first-order chi connectivity index (χ1) is 9.74. The van der Waals surface area contributed by atoms with E-state index in [-0.39, 0.29) is 6.61 Å². The summed E-state index contributed by atoms with van der Waals surface area (Å²) in [6.45, 7) is 2.63. The molecule has 3 nitrogen and oxygen atoms in total. The van der Waals surface area contributed by atoms with Gasteiger partial charge in [0.25, 0.3) is 0 Å². The molecule has 0 radical (unpaired) electrons. The number of aliphatic hydroxyl groups excluding tert-OH is 1. The summed E-state index contributed by atoms with van der Waals surface area (Å²) in [6.07, 6.45) is -0.123. The Morgan fingerprint density at radius 3 is 2.40 bits per heavy atom. The van der Waals surface area contributed by atoms with Crippen molar-refractivity contribution in [3.05, 3.63) is 65.7 Å². The first-order valence-electron chi connectivity index (χ1n) is 6.77. The Bertz CT molecular complexity index is 493. The highest BCUT2D eigenvalue weighted by Crippen LogP contribution is 2.11. The first kappa shape index (κ1) is 14.6. The number of benzene rings is 2. The van der Waals surface area contributed by atoms with Crippen LogP contribution >= 0.6 is 0 Å². The van der Waals surface area contributed by atoms with E-state index in [1.54, 1.807) is 0 Å². The van der Waals surface area contributed by atoms with E-state index in [2.05, 4.69) is 0 Å². The zero-order valence-electron chi connectivity index (χ0n) is 11.7. The van der Waals surface area contributed by atoms with Crippen molar-refractivity contribution in [2.45, 2.75) is 19.6 Å². The number of aliphatic hydroxyl groups is 1. The van der Waals surface area contributed by atoms with Gasteiger partial charge in [-0.2, -0.15) is 0 Å². The standard InChI is InChI=1S/C17H20O3/c1-14-7-9-16(10-8-14)20-13-17(18)19-12-11-15-5-3-2-4-6-15/h2-10,17-18H,11-13H2,1H3/t17-/m0/s1. The number of rotatable bonds is 7. The molecule has 106 valence electrons. The molecular formula is C17H20O3. The maximum atomic E-state index is 9.70. The van der Waals surface area contributed by atoms with E-state index in [0.29, 0.717) is 6.61 Å². The highest BCUT2D eigenvalue weighted by Gasteiger charge is 2.05. The second kappa shape index (κ2) is 7.68. The van der Waals surface area contributed by atoms with Gasteiger partial charge in [0.2, 0.25) is 0 Å². The van der Waals surface area contributed by atoms with E-state index in [4.69, 9.17) is 9.47 Å². The molecule has 0 aliphatic carbocycles. The molecule has 0 aliphatic rings. The summed E-state index contributed by atoms with van der Waals surface area (Å²) >= 11 is 0. The SMILES string of the molecule is Cc1ccc(OC[C@@H](O)OCCc2ccccc2)cc1. The molecule has 0 bridgehead atoms. The summed E-state index contributed by atoms with van der Waals surface area (Å²) < 4.78 is 10.8. The fourth-order valence-electron chi connectivity index (χ4n) is 1.81. The van der Waals surface area contributed by atoms with Crippen molar-refractivity contribution in [1.29, 1.82) is 0 Å². The van der Waals surface area contributed by atoms with Crippen molar-refractivity contribution < 1.29 is 14.6 Å². The lowest BCUT2D eigenvalue weighted by Crippen LogP contribution is -2.22. The largest absolute Gasteiger partial charge is 0.488 e. The minimum atomic E-state index is -0.903. The molecule has 0 spiro atoms. The molecule has 20 heavy (non-hydrogen) atoms. The van der Waals surface area contributed by atoms with Crippen LogP contribution < -0.4 is 4.74 Å². The maximum absolute atomic E-state index is 9.70. The maximum Gasteiger partial charge on any atom is 0.189 e. The van der Waals surface area contributed by atoms with Gasteiger partial charge in [0, 0.05) is 0 Å². The molecule has 2 aromatic rings. The minimum Gasteiger partial charge on any atom is -0.488 e. The molecule has 0 saturated carbocycles. The van der Waals surface area contributed by atoms with Crippen LogP contribution in [0, 0.1) is 6.92 Å². The Labute approximate surface area is 119 Å². The fraction of sp³-hybridized carbons (Fsp3) is 0.294. The van der Waals surface area contributed by atoms with E-state index in [0.717, 1.165) is 12.2 Å². The van der Waals surface area contributed by atoms with Gasteiger partial charge >= 0.3 is 0 Å². The molecule has 2 aromatic carbocycles. The molecule has 2 rings (SSSR count). The van der Waals surface area contributed by atoms with Gasteiger partial charge in [0.05, 0.1) is 6.61 Å². The summed E-state index contributed by atoms with van der Waals surface area (Å²) in [6, 6.07) is 17.7. The van der Waals surface area contributed by atoms with Gasteiger partial charge < -0.3 is 14.6 Å². The average molecular weight is 272 g/mol. The summed E-state index contributed by atoms with van der Waals surface area (Å²) in [5, 5.41) is 9.70. The lowest BCUT2D eigenvalue weighted by Gasteiger charge is -2.13. The van der Waals surface area contributed by atoms with E-state index < -0.39 is 6.29 Å². The van der Waals surface area contributed by atoms with Crippen LogP contribution in [-0.4, -0.2) is 24.6 Å². The molecule has 1 atom stereocenters. The molecule has 0 saturated heterocycles. The Morgan fingerprint density at radius 1 is 1.00 bits per heavy atom. The third-order valence-electron chi connectivity index (χ3n) is 2.96. The monoisotopic (exact) mass is 272 g/mol. The van der Waals surface area contributed by atoms with Crippen molar-refractivity contribution in [2.75, 3.05) is 13.2 Å². The number of hydrogen-bond donors (Lipinski definition) is 1. The zero-order chi connectivity index (χ0) is 14.2. The smallest absolute Gasteiger partial charge is 0.189 e. The number of aryl methyl sites for hydroxylation is 1. The molecule has 0 unspecified atom stereocenters. The van der Waals surface area contributed by atoms with Gasteiger partial charge in [-0.15, -0.1) is 0 Å². The Balaban J connectivity index is 1.65. The predicted octanol–water partition coefficient (Wildman–Crippen LogP) is 2.95. The fourth-order valence-corrected chi connectivity index (χ4v) is 1.81. The van der Waals surface area contributed by atoms with Crippen LogP contribution in [0.3, 0.4) is 0 Å². The van der Waals surface area contributed by atoms with Crippen LogP contribution in [0.2, 0.25) is 0 Å². The first-order valence-corrected chi connectivity index (χ1v) is 6.77. The quantitative estimate of drug-likeness (QED) is 0.788. The molecule has 0 aliphatic heterocycles. The van der Waals surface area contributed by atoms with Crippen LogP contribution in [0.25, 0.3) is 0 Å². The third kappa shape index (κ3) is 5.03. The number of ether oxygens (including phenoxy) is 2. The van der Waals surface area contributed by atoms with Crippen molar-refractivity contribution >= 4 is 0 Å². The summed E-state index contributed by atoms with van der Waals surface area (Å²) in [5.41, 5.74) is 2.37. The summed E-state index contributed by atoms with van der Waals surface area (Å²) in [4.78, 5) is 0. The van der Waals surface area contributed by atoms with Crippen molar-refractivity contribution in [3.63, 3.8) is 0 Å². The normalized spacial score (nSPS) is 12.1. The van der Waals surface area contributed by atoms with E-state index in [9.17, 15) is 5.11 Å². The Hall–Kier alpha value is -1.84. The van der Waals surface area contributed by atoms with Gasteiger partial charge in [0.15, 0.2) is 6.29 Å². The van der Waals surface area contributed by atoms with Gasteiger partial charge in [-0.3, -0.25) is 0 Å². The van der Waals surface area contributed by atoms with Gasteiger partial charge in [-0.25, -0.2) is 0 Å². The van der Waals surface area contributed by atoms with Gasteiger partial charge in [0.1, 0.15) is 12.4 Å². The molecule has 1 N–H and O–H groups in total. The van der Waals surface area contributed by atoms with Crippen LogP contribution in [0.5, 0.6) is 5.75 Å².